The standard InChI is InChI=1S/C15H19N3O3/c1-9-8-17(2)7-6-12(9)18-13-10(14(19)20)4-3-5-11(13)16-15(18)21/h3-5,9,12H,6-8H2,1-2H3,(H,16,21)(H,19,20). The average molecular weight is 289 g/mol. The molecule has 6 heteroatoms. The van der Waals surface area contributed by atoms with E-state index >= 15 is 0 Å². The summed E-state index contributed by atoms with van der Waals surface area (Å²) in [7, 11) is 2.06. The van der Waals surface area contributed by atoms with E-state index < -0.39 is 5.97 Å². The summed E-state index contributed by atoms with van der Waals surface area (Å²) in [6.45, 7) is 3.91. The molecule has 2 unspecified atom stereocenters. The molecule has 0 spiro atoms. The Balaban J connectivity index is 2.20. The zero-order valence-corrected chi connectivity index (χ0v) is 12.2. The SMILES string of the molecule is CC1CN(C)CCC1n1c(=O)[nH]c2cccc(C(=O)O)c21. The number of piperidine rings is 1. The van der Waals surface area contributed by atoms with Crippen molar-refractivity contribution < 1.29 is 9.90 Å². The molecule has 112 valence electrons. The number of nitrogens with one attached hydrogen (secondary N) is 1. The van der Waals surface area contributed by atoms with Crippen molar-refractivity contribution in [2.75, 3.05) is 20.1 Å². The van der Waals surface area contributed by atoms with E-state index in [-0.39, 0.29) is 17.3 Å². The lowest BCUT2D eigenvalue weighted by Crippen LogP contribution is -2.40. The zero-order chi connectivity index (χ0) is 15.1. The van der Waals surface area contributed by atoms with Crippen molar-refractivity contribution in [1.82, 2.24) is 14.5 Å². The first-order chi connectivity index (χ1) is 9.99. The number of benzene rings is 1. The number of carbonyl (C=O) groups is 1. The quantitative estimate of drug-likeness (QED) is 0.879. The van der Waals surface area contributed by atoms with Gasteiger partial charge in [-0.2, -0.15) is 0 Å². The van der Waals surface area contributed by atoms with Crippen molar-refractivity contribution in [1.29, 1.82) is 0 Å². The number of H-pyrrole nitrogens is 1. The zero-order valence-electron chi connectivity index (χ0n) is 12.2. The van der Waals surface area contributed by atoms with Gasteiger partial charge in [0.15, 0.2) is 0 Å². The number of carboxylic acid groups (broad SMARTS) is 1. The molecule has 3 rings (SSSR count). The highest BCUT2D eigenvalue weighted by Crippen LogP contribution is 2.30. The monoisotopic (exact) mass is 289 g/mol. The number of nitrogens with zero attached hydrogens (tertiary/aromatic N) is 2. The first-order valence-electron chi connectivity index (χ1n) is 7.14. The predicted octanol–water partition coefficient (Wildman–Crippen LogP) is 1.54. The second-order valence-corrected chi connectivity index (χ2v) is 5.90. The molecule has 2 heterocycles. The summed E-state index contributed by atoms with van der Waals surface area (Å²) in [6.07, 6.45) is 0.846. The minimum absolute atomic E-state index is 0.0305. The summed E-state index contributed by atoms with van der Waals surface area (Å²) in [5.74, 6) is -0.712. The van der Waals surface area contributed by atoms with E-state index in [2.05, 4.69) is 23.9 Å². The Bertz CT molecular complexity index is 746. The second kappa shape index (κ2) is 5.04. The number of hydrogen-bond acceptors (Lipinski definition) is 3. The highest BCUT2D eigenvalue weighted by atomic mass is 16.4. The number of para-hydroxylation sites is 1. The van der Waals surface area contributed by atoms with Crippen LogP contribution in [0, 0.1) is 5.92 Å². The fraction of sp³-hybridized carbons (Fsp3) is 0.467. The third-order valence-electron chi connectivity index (χ3n) is 4.36. The van der Waals surface area contributed by atoms with Gasteiger partial charge in [0.2, 0.25) is 0 Å². The topological polar surface area (TPSA) is 78.3 Å². The van der Waals surface area contributed by atoms with Crippen LogP contribution >= 0.6 is 0 Å². The van der Waals surface area contributed by atoms with Gasteiger partial charge in [-0.1, -0.05) is 13.0 Å². The Labute approximate surface area is 122 Å². The Kier molecular flexibility index (Phi) is 3.33. The van der Waals surface area contributed by atoms with Crippen molar-refractivity contribution in [2.24, 2.45) is 5.92 Å². The number of aromatic amines is 1. The smallest absolute Gasteiger partial charge is 0.337 e. The van der Waals surface area contributed by atoms with Crippen LogP contribution in [0.15, 0.2) is 23.0 Å². The molecule has 0 amide bonds. The first kappa shape index (κ1) is 13.9. The van der Waals surface area contributed by atoms with Gasteiger partial charge in [0, 0.05) is 12.6 Å². The summed E-state index contributed by atoms with van der Waals surface area (Å²) in [4.78, 5) is 28.8. The molecule has 1 aliphatic rings. The van der Waals surface area contributed by atoms with Crippen LogP contribution in [0.2, 0.25) is 0 Å². The Morgan fingerprint density at radius 1 is 1.43 bits per heavy atom. The largest absolute Gasteiger partial charge is 0.478 e. The van der Waals surface area contributed by atoms with Crippen molar-refractivity contribution >= 4 is 17.0 Å². The molecule has 1 aromatic heterocycles. The number of imidazole rings is 1. The van der Waals surface area contributed by atoms with Gasteiger partial charge in [-0.3, -0.25) is 4.57 Å². The van der Waals surface area contributed by atoms with Crippen molar-refractivity contribution in [2.45, 2.75) is 19.4 Å². The molecule has 0 saturated carbocycles. The number of aromatic nitrogens is 2. The molecule has 1 aromatic carbocycles. The van der Waals surface area contributed by atoms with E-state index in [0.717, 1.165) is 19.5 Å². The van der Waals surface area contributed by atoms with Crippen LogP contribution in [-0.2, 0) is 0 Å². The lowest BCUT2D eigenvalue weighted by atomic mass is 9.93. The van der Waals surface area contributed by atoms with Crippen molar-refractivity contribution in [3.8, 4) is 0 Å². The summed E-state index contributed by atoms with van der Waals surface area (Å²) >= 11 is 0. The molecule has 2 atom stereocenters. The van der Waals surface area contributed by atoms with Crippen LogP contribution < -0.4 is 5.69 Å². The molecule has 6 nitrogen and oxygen atoms in total. The van der Waals surface area contributed by atoms with Crippen LogP contribution in [0.4, 0.5) is 0 Å². The Morgan fingerprint density at radius 2 is 2.19 bits per heavy atom. The maximum atomic E-state index is 12.3. The van der Waals surface area contributed by atoms with Crippen LogP contribution in [0.25, 0.3) is 11.0 Å². The Morgan fingerprint density at radius 3 is 2.86 bits per heavy atom. The van der Waals surface area contributed by atoms with E-state index in [9.17, 15) is 14.7 Å². The number of aromatic carboxylic acids is 1. The molecule has 1 fully saturated rings. The maximum absolute atomic E-state index is 12.3. The third-order valence-corrected chi connectivity index (χ3v) is 4.36. The molecule has 0 radical (unpaired) electrons. The lowest BCUT2D eigenvalue weighted by molar-refractivity contribution is 0.0698. The third kappa shape index (κ3) is 2.25. The fourth-order valence-corrected chi connectivity index (χ4v) is 3.40. The average Bonchev–Trinajstić information content (AvgIpc) is 2.74. The van der Waals surface area contributed by atoms with Crippen molar-refractivity contribution in [3.63, 3.8) is 0 Å². The predicted molar refractivity (Wildman–Crippen MR) is 79.8 cm³/mol. The van der Waals surface area contributed by atoms with Gasteiger partial charge >= 0.3 is 11.7 Å². The highest BCUT2D eigenvalue weighted by molar-refractivity contribution is 6.01. The maximum Gasteiger partial charge on any atom is 0.337 e. The Hall–Kier alpha value is -2.08. The van der Waals surface area contributed by atoms with Gasteiger partial charge < -0.3 is 15.0 Å². The molecule has 1 aliphatic heterocycles. The summed E-state index contributed by atoms with van der Waals surface area (Å²) in [5, 5.41) is 9.39. The molecule has 2 aromatic rings. The van der Waals surface area contributed by atoms with Crippen LogP contribution in [-0.4, -0.2) is 45.7 Å². The normalized spacial score (nSPS) is 23.5. The second-order valence-electron chi connectivity index (χ2n) is 5.90. The van der Waals surface area contributed by atoms with Gasteiger partial charge in [0.25, 0.3) is 0 Å². The van der Waals surface area contributed by atoms with Gasteiger partial charge in [-0.15, -0.1) is 0 Å². The number of rotatable bonds is 2. The van der Waals surface area contributed by atoms with Crippen LogP contribution in [0.3, 0.4) is 0 Å². The van der Waals surface area contributed by atoms with Crippen LogP contribution in [0.5, 0.6) is 0 Å². The first-order valence-corrected chi connectivity index (χ1v) is 7.14. The molecular formula is C15H19N3O3. The highest BCUT2D eigenvalue weighted by Gasteiger charge is 2.29. The number of likely N-dealkylation sites (tertiary alicyclic amines) is 1. The summed E-state index contributed by atoms with van der Waals surface area (Å²) in [6, 6.07) is 4.99. The van der Waals surface area contributed by atoms with E-state index in [0.29, 0.717) is 17.0 Å². The van der Waals surface area contributed by atoms with E-state index in [4.69, 9.17) is 0 Å². The molecule has 0 aliphatic carbocycles. The molecule has 21 heavy (non-hydrogen) atoms. The number of hydrogen-bond donors (Lipinski definition) is 2. The minimum atomic E-state index is -1.01. The fourth-order valence-electron chi connectivity index (χ4n) is 3.40. The van der Waals surface area contributed by atoms with Gasteiger partial charge in [0.1, 0.15) is 0 Å². The van der Waals surface area contributed by atoms with Gasteiger partial charge in [0.05, 0.1) is 16.6 Å². The van der Waals surface area contributed by atoms with E-state index in [1.54, 1.807) is 22.8 Å². The van der Waals surface area contributed by atoms with Gasteiger partial charge in [-0.25, -0.2) is 9.59 Å². The lowest BCUT2D eigenvalue weighted by Gasteiger charge is -2.35. The van der Waals surface area contributed by atoms with Crippen LogP contribution in [0.1, 0.15) is 29.7 Å². The molecular weight excluding hydrogens is 270 g/mol. The van der Waals surface area contributed by atoms with Crippen molar-refractivity contribution in [3.05, 3.63) is 34.2 Å². The summed E-state index contributed by atoms with van der Waals surface area (Å²) in [5.41, 5.74) is 1.06. The molecule has 0 bridgehead atoms. The minimum Gasteiger partial charge on any atom is -0.478 e. The van der Waals surface area contributed by atoms with Gasteiger partial charge in [-0.05, 0) is 38.1 Å². The number of fused-ring (bicyclic) bond motifs is 1. The van der Waals surface area contributed by atoms with E-state index in [1.807, 2.05) is 0 Å². The van der Waals surface area contributed by atoms with E-state index in [1.165, 1.54) is 0 Å². The molecule has 1 saturated heterocycles. The summed E-state index contributed by atoms with van der Waals surface area (Å²) < 4.78 is 1.65. The molecule has 2 N–H and O–H groups in total. The number of carboxylic acids is 1.